The fourth-order valence-corrected chi connectivity index (χ4v) is 3.54. The van der Waals surface area contributed by atoms with Crippen LogP contribution in [0.2, 0.25) is 0 Å². The smallest absolute Gasteiger partial charge is 0.257 e. The summed E-state index contributed by atoms with van der Waals surface area (Å²) in [5.41, 5.74) is 2.88. The molecule has 1 aliphatic rings. The lowest BCUT2D eigenvalue weighted by molar-refractivity contribution is 0.0642. The number of nitrogens with zero attached hydrogens (tertiary/aromatic N) is 3. The largest absolute Gasteiger partial charge is 0.335 e. The molecule has 6 heteroatoms. The van der Waals surface area contributed by atoms with Crippen LogP contribution in [0.3, 0.4) is 0 Å². The number of carbonyl (C=O) groups excluding carboxylic acids is 1. The molecule has 1 aromatic carbocycles. The Morgan fingerprint density at radius 2 is 1.96 bits per heavy atom. The predicted octanol–water partition coefficient (Wildman–Crippen LogP) is 3.27. The molecule has 142 valence electrons. The molecule has 3 rings (SSSR count). The van der Waals surface area contributed by atoms with Gasteiger partial charge in [-0.05, 0) is 44.8 Å². The highest BCUT2D eigenvalue weighted by Gasteiger charge is 2.27. The minimum absolute atomic E-state index is 0. The van der Waals surface area contributed by atoms with Crippen molar-refractivity contribution in [3.63, 3.8) is 0 Å². The maximum Gasteiger partial charge on any atom is 0.257 e. The molecule has 1 saturated heterocycles. The highest BCUT2D eigenvalue weighted by molar-refractivity contribution is 5.95. The first kappa shape index (κ1) is 20.5. The highest BCUT2D eigenvalue weighted by atomic mass is 35.5. The van der Waals surface area contributed by atoms with Gasteiger partial charge < -0.3 is 10.2 Å². The maximum atomic E-state index is 13.2. The van der Waals surface area contributed by atoms with Gasteiger partial charge in [-0.2, -0.15) is 5.10 Å². The number of nitrogens with one attached hydrogen (secondary N) is 1. The van der Waals surface area contributed by atoms with Crippen molar-refractivity contribution in [3.8, 4) is 0 Å². The van der Waals surface area contributed by atoms with E-state index in [9.17, 15) is 4.79 Å². The first-order valence-corrected chi connectivity index (χ1v) is 9.28. The van der Waals surface area contributed by atoms with Gasteiger partial charge in [-0.15, -0.1) is 12.4 Å². The molecule has 0 spiro atoms. The molecule has 1 fully saturated rings. The summed E-state index contributed by atoms with van der Waals surface area (Å²) >= 11 is 0. The second-order valence-corrected chi connectivity index (χ2v) is 6.77. The molecular formula is C20H29ClN4O. The van der Waals surface area contributed by atoms with Crippen LogP contribution in [-0.2, 0) is 6.54 Å². The molecule has 0 bridgehead atoms. The van der Waals surface area contributed by atoms with Crippen molar-refractivity contribution in [1.82, 2.24) is 20.0 Å². The monoisotopic (exact) mass is 376 g/mol. The van der Waals surface area contributed by atoms with Gasteiger partial charge in [0.25, 0.3) is 5.91 Å². The zero-order valence-corrected chi connectivity index (χ0v) is 16.5. The van der Waals surface area contributed by atoms with E-state index in [4.69, 9.17) is 0 Å². The van der Waals surface area contributed by atoms with E-state index >= 15 is 0 Å². The summed E-state index contributed by atoms with van der Waals surface area (Å²) in [6.07, 6.45) is 4.78. The Hall–Kier alpha value is -1.85. The van der Waals surface area contributed by atoms with E-state index in [-0.39, 0.29) is 18.3 Å². The van der Waals surface area contributed by atoms with Gasteiger partial charge in [0.05, 0.1) is 18.3 Å². The quantitative estimate of drug-likeness (QED) is 0.841. The summed E-state index contributed by atoms with van der Waals surface area (Å²) in [6.45, 7) is 7.62. The fourth-order valence-electron chi connectivity index (χ4n) is 3.54. The van der Waals surface area contributed by atoms with Gasteiger partial charge in [0.2, 0.25) is 0 Å². The van der Waals surface area contributed by atoms with Crippen LogP contribution < -0.4 is 5.32 Å². The maximum absolute atomic E-state index is 13.2. The van der Waals surface area contributed by atoms with Crippen LogP contribution in [0.4, 0.5) is 0 Å². The van der Waals surface area contributed by atoms with Crippen molar-refractivity contribution >= 4 is 18.3 Å². The normalized spacial score (nSPS) is 14.7. The van der Waals surface area contributed by atoms with Crippen LogP contribution in [0.5, 0.6) is 0 Å². The Kier molecular flexibility index (Phi) is 7.66. The molecule has 2 aromatic rings. The number of piperidine rings is 1. The van der Waals surface area contributed by atoms with E-state index in [2.05, 4.69) is 34.4 Å². The number of aromatic nitrogens is 2. The molecule has 1 aromatic heterocycles. The summed E-state index contributed by atoms with van der Waals surface area (Å²) < 4.78 is 1.93. The third-order valence-corrected chi connectivity index (χ3v) is 4.98. The third kappa shape index (κ3) is 4.65. The lowest BCUT2D eigenvalue weighted by Crippen LogP contribution is -2.46. The van der Waals surface area contributed by atoms with E-state index in [0.717, 1.165) is 50.2 Å². The van der Waals surface area contributed by atoms with E-state index < -0.39 is 0 Å². The average molecular weight is 377 g/mol. The molecule has 0 radical (unpaired) electrons. The Labute approximate surface area is 162 Å². The number of halogens is 1. The fraction of sp³-hybridized carbons (Fsp3) is 0.500. The van der Waals surface area contributed by atoms with Gasteiger partial charge in [0.15, 0.2) is 0 Å². The second kappa shape index (κ2) is 9.74. The van der Waals surface area contributed by atoms with E-state index in [1.165, 1.54) is 5.56 Å². The summed E-state index contributed by atoms with van der Waals surface area (Å²) in [5.74, 6) is 0.130. The highest BCUT2D eigenvalue weighted by Crippen LogP contribution is 2.19. The van der Waals surface area contributed by atoms with Crippen molar-refractivity contribution in [2.45, 2.75) is 45.7 Å². The SMILES string of the molecule is CCCN(C(=O)c1cnn(Cc2ccccc2)c1C)C1CCNCC1.Cl. The molecule has 0 atom stereocenters. The van der Waals surface area contributed by atoms with Gasteiger partial charge in [0, 0.05) is 18.3 Å². The number of rotatable bonds is 6. The van der Waals surface area contributed by atoms with E-state index in [0.29, 0.717) is 12.6 Å². The molecule has 1 amide bonds. The molecule has 1 aliphatic heterocycles. The molecule has 0 unspecified atom stereocenters. The molecule has 5 nitrogen and oxygen atoms in total. The molecule has 0 saturated carbocycles. The van der Waals surface area contributed by atoms with Crippen molar-refractivity contribution < 1.29 is 4.79 Å². The lowest BCUT2D eigenvalue weighted by Gasteiger charge is -2.34. The molecule has 26 heavy (non-hydrogen) atoms. The summed E-state index contributed by atoms with van der Waals surface area (Å²) in [6, 6.07) is 10.6. The summed E-state index contributed by atoms with van der Waals surface area (Å²) in [7, 11) is 0. The number of hydrogen-bond acceptors (Lipinski definition) is 3. The van der Waals surface area contributed by atoms with Gasteiger partial charge in [0.1, 0.15) is 0 Å². The predicted molar refractivity (Wildman–Crippen MR) is 107 cm³/mol. The van der Waals surface area contributed by atoms with Crippen molar-refractivity contribution in [2.75, 3.05) is 19.6 Å². The van der Waals surface area contributed by atoms with Crippen molar-refractivity contribution in [2.24, 2.45) is 0 Å². The van der Waals surface area contributed by atoms with E-state index in [1.54, 1.807) is 6.20 Å². The minimum Gasteiger partial charge on any atom is -0.335 e. The summed E-state index contributed by atoms with van der Waals surface area (Å²) in [4.78, 5) is 15.2. The van der Waals surface area contributed by atoms with Gasteiger partial charge >= 0.3 is 0 Å². The first-order valence-electron chi connectivity index (χ1n) is 9.28. The van der Waals surface area contributed by atoms with Gasteiger partial charge in [-0.25, -0.2) is 0 Å². The van der Waals surface area contributed by atoms with E-state index in [1.807, 2.05) is 29.8 Å². The Morgan fingerprint density at radius 1 is 1.27 bits per heavy atom. The number of benzene rings is 1. The Morgan fingerprint density at radius 3 is 2.62 bits per heavy atom. The Balaban J connectivity index is 0.00000243. The number of carbonyl (C=O) groups is 1. The van der Waals surface area contributed by atoms with Crippen LogP contribution in [0.25, 0.3) is 0 Å². The molecular weight excluding hydrogens is 348 g/mol. The van der Waals surface area contributed by atoms with Gasteiger partial charge in [-0.3, -0.25) is 9.48 Å². The number of hydrogen-bond donors (Lipinski definition) is 1. The molecule has 1 N–H and O–H groups in total. The first-order chi connectivity index (χ1) is 12.2. The third-order valence-electron chi connectivity index (χ3n) is 4.98. The van der Waals surface area contributed by atoms with Crippen molar-refractivity contribution in [3.05, 3.63) is 53.3 Å². The zero-order valence-electron chi connectivity index (χ0n) is 15.6. The van der Waals surface area contributed by atoms with Gasteiger partial charge in [-0.1, -0.05) is 37.3 Å². The average Bonchev–Trinajstić information content (AvgIpc) is 3.01. The molecule has 2 heterocycles. The molecule has 0 aliphatic carbocycles. The zero-order chi connectivity index (χ0) is 17.6. The van der Waals surface area contributed by atoms with Crippen LogP contribution in [0.1, 0.15) is 47.8 Å². The Bertz CT molecular complexity index is 695. The second-order valence-electron chi connectivity index (χ2n) is 6.77. The van der Waals surface area contributed by atoms with Crippen LogP contribution in [0, 0.1) is 6.92 Å². The minimum atomic E-state index is 0. The topological polar surface area (TPSA) is 50.2 Å². The van der Waals surface area contributed by atoms with Crippen LogP contribution in [0.15, 0.2) is 36.5 Å². The number of amides is 1. The standard InChI is InChI=1S/C20H28N4O.ClH/c1-3-13-23(18-9-11-21-12-10-18)20(25)19-14-22-24(16(19)2)15-17-7-5-4-6-8-17;/h4-8,14,18,21H,3,9-13,15H2,1-2H3;1H. The summed E-state index contributed by atoms with van der Waals surface area (Å²) in [5, 5.41) is 7.86. The van der Waals surface area contributed by atoms with Crippen molar-refractivity contribution in [1.29, 1.82) is 0 Å². The van der Waals surface area contributed by atoms with Crippen LogP contribution in [-0.4, -0.2) is 46.3 Å². The van der Waals surface area contributed by atoms with Crippen LogP contribution >= 0.6 is 12.4 Å². The lowest BCUT2D eigenvalue weighted by atomic mass is 10.0.